The van der Waals surface area contributed by atoms with Crippen molar-refractivity contribution >= 4 is 0 Å². The first-order chi connectivity index (χ1) is 6.80. The van der Waals surface area contributed by atoms with Crippen LogP contribution in [0.5, 0.6) is 0 Å². The first-order valence-corrected chi connectivity index (χ1v) is 6.53. The molecule has 0 amide bonds. The fraction of sp³-hybridized carbons (Fsp3) is 1.00. The van der Waals surface area contributed by atoms with Crippen LogP contribution < -0.4 is 5.32 Å². The third kappa shape index (κ3) is 1.41. The normalized spacial score (nSPS) is 50.8. The third-order valence-electron chi connectivity index (χ3n) is 5.03. The second-order valence-corrected chi connectivity index (χ2v) is 6.13. The molecule has 4 aliphatic rings. The van der Waals surface area contributed by atoms with Crippen molar-refractivity contribution in [2.75, 3.05) is 6.54 Å². The van der Waals surface area contributed by atoms with E-state index in [9.17, 15) is 0 Å². The average Bonchev–Trinajstić information content (AvgIpc) is 2.10. The molecule has 1 N–H and O–H groups in total. The van der Waals surface area contributed by atoms with Gasteiger partial charge in [-0.2, -0.15) is 0 Å². The minimum Gasteiger partial charge on any atom is -0.314 e. The van der Waals surface area contributed by atoms with Crippen molar-refractivity contribution in [3.63, 3.8) is 0 Å². The maximum absolute atomic E-state index is 3.73. The van der Waals surface area contributed by atoms with E-state index in [1.165, 1.54) is 32.2 Å². The smallest absolute Gasteiger partial charge is 0.00750 e. The fourth-order valence-electron chi connectivity index (χ4n) is 4.05. The Bertz CT molecular complexity index is 206. The highest BCUT2D eigenvalue weighted by molar-refractivity contribution is 5.08. The Kier molecular flexibility index (Phi) is 2.12. The van der Waals surface area contributed by atoms with Crippen LogP contribution in [-0.2, 0) is 0 Å². The van der Waals surface area contributed by atoms with Crippen LogP contribution >= 0.6 is 0 Å². The van der Waals surface area contributed by atoms with Crippen LogP contribution in [0.4, 0.5) is 0 Å². The second kappa shape index (κ2) is 3.23. The molecule has 1 nitrogen and oxygen atoms in total. The average molecular weight is 193 g/mol. The lowest BCUT2D eigenvalue weighted by Crippen LogP contribution is -2.55. The molecule has 4 fully saturated rings. The second-order valence-electron chi connectivity index (χ2n) is 6.13. The largest absolute Gasteiger partial charge is 0.314 e. The Balaban J connectivity index is 1.52. The predicted molar refractivity (Wildman–Crippen MR) is 59.2 cm³/mol. The maximum atomic E-state index is 3.73. The molecule has 0 aromatic carbocycles. The molecule has 4 rings (SSSR count). The summed E-state index contributed by atoms with van der Waals surface area (Å²) in [6.07, 6.45) is 10.5. The molecular weight excluding hydrogens is 170 g/mol. The van der Waals surface area contributed by atoms with Gasteiger partial charge in [0.25, 0.3) is 0 Å². The summed E-state index contributed by atoms with van der Waals surface area (Å²) in [6, 6.07) is 0.870. The third-order valence-corrected chi connectivity index (χ3v) is 5.03. The first-order valence-electron chi connectivity index (χ1n) is 6.53. The van der Waals surface area contributed by atoms with Crippen molar-refractivity contribution < 1.29 is 0 Å². The van der Waals surface area contributed by atoms with E-state index in [4.69, 9.17) is 0 Å². The Labute approximate surface area is 87.7 Å². The highest BCUT2D eigenvalue weighted by Crippen LogP contribution is 2.66. The molecule has 2 bridgehead atoms. The van der Waals surface area contributed by atoms with Gasteiger partial charge in [-0.05, 0) is 62.3 Å². The Morgan fingerprint density at radius 1 is 1.29 bits per heavy atom. The number of rotatable bonds is 3. The first kappa shape index (κ1) is 9.21. The molecule has 80 valence electrons. The molecule has 0 aromatic rings. The zero-order chi connectivity index (χ0) is 9.60. The molecule has 0 spiro atoms. The van der Waals surface area contributed by atoms with Crippen LogP contribution in [0.25, 0.3) is 0 Å². The molecule has 3 saturated carbocycles. The minimum atomic E-state index is 0.845. The van der Waals surface area contributed by atoms with E-state index in [1.54, 1.807) is 19.3 Å². The summed E-state index contributed by atoms with van der Waals surface area (Å²) in [6.45, 7) is 3.64. The van der Waals surface area contributed by atoms with E-state index in [1.807, 2.05) is 0 Å². The Hall–Kier alpha value is -0.0400. The fourth-order valence-corrected chi connectivity index (χ4v) is 4.05. The van der Waals surface area contributed by atoms with Crippen molar-refractivity contribution in [2.45, 2.75) is 57.9 Å². The Morgan fingerprint density at radius 3 is 2.64 bits per heavy atom. The summed E-state index contributed by atoms with van der Waals surface area (Å²) in [7, 11) is 0. The van der Waals surface area contributed by atoms with Crippen LogP contribution in [0.3, 0.4) is 0 Å². The van der Waals surface area contributed by atoms with E-state index in [-0.39, 0.29) is 0 Å². The van der Waals surface area contributed by atoms with Crippen molar-refractivity contribution in [3.05, 3.63) is 0 Å². The van der Waals surface area contributed by atoms with Gasteiger partial charge < -0.3 is 5.32 Å². The standard InChI is InChI=1S/C13H23N/c1-2-10-3-4-14-12(5-10)9-13-6-11(7-13)8-13/h10-12,14H,2-9H2,1H3. The van der Waals surface area contributed by atoms with Crippen LogP contribution in [0.1, 0.15) is 51.9 Å². The predicted octanol–water partition coefficient (Wildman–Crippen LogP) is 2.95. The molecule has 2 unspecified atom stereocenters. The summed E-state index contributed by atoms with van der Waals surface area (Å²) in [4.78, 5) is 0. The number of hydrogen-bond donors (Lipinski definition) is 1. The van der Waals surface area contributed by atoms with Crippen molar-refractivity contribution in [2.24, 2.45) is 17.3 Å². The van der Waals surface area contributed by atoms with E-state index >= 15 is 0 Å². The molecule has 3 aliphatic carbocycles. The van der Waals surface area contributed by atoms with Crippen LogP contribution in [-0.4, -0.2) is 12.6 Å². The molecule has 1 aliphatic heterocycles. The van der Waals surface area contributed by atoms with E-state index in [0.29, 0.717) is 0 Å². The van der Waals surface area contributed by atoms with E-state index in [0.717, 1.165) is 23.3 Å². The number of hydrogen-bond acceptors (Lipinski definition) is 1. The molecular formula is C13H23N. The van der Waals surface area contributed by atoms with E-state index in [2.05, 4.69) is 12.2 Å². The van der Waals surface area contributed by atoms with Crippen molar-refractivity contribution in [1.29, 1.82) is 0 Å². The highest BCUT2D eigenvalue weighted by Gasteiger charge is 2.56. The molecule has 0 aromatic heterocycles. The van der Waals surface area contributed by atoms with Gasteiger partial charge in [0.2, 0.25) is 0 Å². The van der Waals surface area contributed by atoms with Crippen molar-refractivity contribution in [3.8, 4) is 0 Å². The number of nitrogens with one attached hydrogen (secondary N) is 1. The van der Waals surface area contributed by atoms with Gasteiger partial charge in [0.05, 0.1) is 0 Å². The van der Waals surface area contributed by atoms with Crippen LogP contribution in [0.2, 0.25) is 0 Å². The van der Waals surface area contributed by atoms with Gasteiger partial charge in [-0.25, -0.2) is 0 Å². The SMILES string of the molecule is CCC1CCNC(CC23CC(C2)C3)C1. The van der Waals surface area contributed by atoms with Gasteiger partial charge >= 0.3 is 0 Å². The molecule has 1 saturated heterocycles. The zero-order valence-corrected chi connectivity index (χ0v) is 9.39. The summed E-state index contributed by atoms with van der Waals surface area (Å²) >= 11 is 0. The zero-order valence-electron chi connectivity index (χ0n) is 9.39. The summed E-state index contributed by atoms with van der Waals surface area (Å²) in [5.74, 6) is 2.18. The van der Waals surface area contributed by atoms with Gasteiger partial charge in [0.15, 0.2) is 0 Å². The van der Waals surface area contributed by atoms with E-state index < -0.39 is 0 Å². The number of piperidine rings is 1. The summed E-state index contributed by atoms with van der Waals surface area (Å²) < 4.78 is 0. The highest BCUT2D eigenvalue weighted by atomic mass is 14.9. The lowest BCUT2D eigenvalue weighted by molar-refractivity contribution is -0.120. The van der Waals surface area contributed by atoms with Gasteiger partial charge in [0.1, 0.15) is 0 Å². The molecule has 2 atom stereocenters. The molecule has 1 heteroatoms. The van der Waals surface area contributed by atoms with Crippen molar-refractivity contribution in [1.82, 2.24) is 5.32 Å². The minimum absolute atomic E-state index is 0.845. The van der Waals surface area contributed by atoms with Gasteiger partial charge in [-0.15, -0.1) is 0 Å². The lowest BCUT2D eigenvalue weighted by Gasteiger charge is -2.63. The topological polar surface area (TPSA) is 12.0 Å². The summed E-state index contributed by atoms with van der Waals surface area (Å²) in [5.41, 5.74) is 0.845. The van der Waals surface area contributed by atoms with Crippen LogP contribution in [0, 0.1) is 17.3 Å². The Morgan fingerprint density at radius 2 is 2.07 bits per heavy atom. The van der Waals surface area contributed by atoms with Crippen LogP contribution in [0.15, 0.2) is 0 Å². The van der Waals surface area contributed by atoms with Gasteiger partial charge in [0, 0.05) is 6.04 Å². The van der Waals surface area contributed by atoms with Gasteiger partial charge in [-0.1, -0.05) is 13.3 Å². The quantitative estimate of drug-likeness (QED) is 0.726. The van der Waals surface area contributed by atoms with Gasteiger partial charge in [-0.3, -0.25) is 0 Å². The molecule has 14 heavy (non-hydrogen) atoms. The molecule has 0 radical (unpaired) electrons. The lowest BCUT2D eigenvalue weighted by atomic mass is 9.42. The molecule has 1 heterocycles. The monoisotopic (exact) mass is 193 g/mol. The summed E-state index contributed by atoms with van der Waals surface area (Å²) in [5, 5.41) is 3.73. The maximum Gasteiger partial charge on any atom is 0.00750 e.